The van der Waals surface area contributed by atoms with E-state index in [1.807, 2.05) is 6.92 Å². The van der Waals surface area contributed by atoms with Crippen LogP contribution in [0.3, 0.4) is 0 Å². The van der Waals surface area contributed by atoms with Crippen LogP contribution in [0.4, 0.5) is 0 Å². The largest absolute Gasteiger partial charge is 0.413 e. The summed E-state index contributed by atoms with van der Waals surface area (Å²) in [6.07, 6.45) is 4.69. The molecule has 0 unspecified atom stereocenters. The number of nitrogens with one attached hydrogen (secondary N) is 1. The van der Waals surface area contributed by atoms with Gasteiger partial charge in [-0.05, 0) is 25.1 Å². The number of hydrogen-bond donors (Lipinski definition) is 1. The molecule has 1 amide bonds. The molecule has 0 bridgehead atoms. The first-order chi connectivity index (χ1) is 8.60. The van der Waals surface area contributed by atoms with Crippen LogP contribution in [0.15, 0.2) is 0 Å². The molecule has 3 atom stereocenters. The van der Waals surface area contributed by atoms with Gasteiger partial charge in [-0.25, -0.2) is 0 Å². The first kappa shape index (κ1) is 16.2. The zero-order valence-electron chi connectivity index (χ0n) is 12.7. The molecule has 1 fully saturated rings. The highest BCUT2D eigenvalue weighted by Gasteiger charge is 2.48. The summed E-state index contributed by atoms with van der Waals surface area (Å²) in [7, 11) is -1.88. The van der Waals surface area contributed by atoms with Gasteiger partial charge in [-0.15, -0.1) is 6.42 Å². The number of carbonyl (C=O) groups is 1. The van der Waals surface area contributed by atoms with Gasteiger partial charge in [0.25, 0.3) is 0 Å². The van der Waals surface area contributed by atoms with E-state index in [-0.39, 0.29) is 35.8 Å². The topological polar surface area (TPSA) is 47.6 Å². The van der Waals surface area contributed by atoms with Crippen LogP contribution in [0.1, 0.15) is 27.7 Å². The third kappa shape index (κ3) is 3.59. The summed E-state index contributed by atoms with van der Waals surface area (Å²) in [4.78, 5) is 11.7. The van der Waals surface area contributed by atoms with Crippen molar-refractivity contribution >= 4 is 14.2 Å². The van der Waals surface area contributed by atoms with Gasteiger partial charge in [-0.2, -0.15) is 0 Å². The maximum absolute atomic E-state index is 11.7. The molecule has 0 spiro atoms. The average Bonchev–Trinajstić information content (AvgIpc) is 2.20. The van der Waals surface area contributed by atoms with Gasteiger partial charge in [0.2, 0.25) is 5.91 Å². The van der Waals surface area contributed by atoms with Gasteiger partial charge in [0.1, 0.15) is 18.8 Å². The summed E-state index contributed by atoms with van der Waals surface area (Å²) in [6, 6.07) is 0. The number of hydrogen-bond acceptors (Lipinski definition) is 3. The van der Waals surface area contributed by atoms with Gasteiger partial charge in [-0.1, -0.05) is 26.7 Å². The zero-order valence-corrected chi connectivity index (χ0v) is 13.7. The lowest BCUT2D eigenvalue weighted by Gasteiger charge is -2.44. The number of rotatable bonds is 5. The molecule has 0 radical (unpaired) electrons. The third-order valence-corrected chi connectivity index (χ3v) is 8.63. The maximum atomic E-state index is 11.7. The van der Waals surface area contributed by atoms with E-state index in [0.29, 0.717) is 0 Å². The minimum atomic E-state index is -1.88. The lowest BCUT2D eigenvalue weighted by Crippen LogP contribution is -2.64. The lowest BCUT2D eigenvalue weighted by atomic mass is 9.93. The Bertz CT molecular complexity index is 381. The van der Waals surface area contributed by atoms with E-state index in [2.05, 4.69) is 45.1 Å². The molecule has 4 nitrogen and oxygen atoms in total. The summed E-state index contributed by atoms with van der Waals surface area (Å²) in [6.45, 7) is 13.0. The monoisotopic (exact) mass is 283 g/mol. The molecule has 19 heavy (non-hydrogen) atoms. The van der Waals surface area contributed by atoms with Crippen molar-refractivity contribution < 1.29 is 14.0 Å². The molecule has 5 heteroatoms. The van der Waals surface area contributed by atoms with E-state index in [0.717, 1.165) is 0 Å². The van der Waals surface area contributed by atoms with Gasteiger partial charge < -0.3 is 14.5 Å². The summed E-state index contributed by atoms with van der Waals surface area (Å²) < 4.78 is 11.6. The van der Waals surface area contributed by atoms with E-state index in [4.69, 9.17) is 15.6 Å². The van der Waals surface area contributed by atoms with E-state index < -0.39 is 8.32 Å². The fourth-order valence-electron chi connectivity index (χ4n) is 1.82. The second kappa shape index (κ2) is 5.66. The Morgan fingerprint density at radius 1 is 1.47 bits per heavy atom. The predicted octanol–water partition coefficient (Wildman–Crippen LogP) is 2.12. The standard InChI is InChI=1S/C14H25NO3Si/c1-8-9-17-13-11(12(16)15-13)10(2)18-19(6,7)14(3,4)5/h1,10-11,13H,9H2,2-7H3,(H,15,16)/t10-,11+,13+/m1/s1. The molecule has 1 saturated heterocycles. The van der Waals surface area contributed by atoms with E-state index >= 15 is 0 Å². The molecular weight excluding hydrogens is 258 g/mol. The first-order valence-corrected chi connectivity index (χ1v) is 9.54. The Morgan fingerprint density at radius 3 is 2.47 bits per heavy atom. The molecule has 1 heterocycles. The van der Waals surface area contributed by atoms with Crippen LogP contribution in [0.2, 0.25) is 18.1 Å². The fraction of sp³-hybridized carbons (Fsp3) is 0.786. The quantitative estimate of drug-likeness (QED) is 0.477. The summed E-state index contributed by atoms with van der Waals surface area (Å²) in [5, 5.41) is 2.83. The van der Waals surface area contributed by atoms with Crippen molar-refractivity contribution in [3.05, 3.63) is 0 Å². The minimum absolute atomic E-state index is 0.0202. The summed E-state index contributed by atoms with van der Waals surface area (Å²) >= 11 is 0. The van der Waals surface area contributed by atoms with Crippen LogP contribution in [0.5, 0.6) is 0 Å². The van der Waals surface area contributed by atoms with Crippen LogP contribution in [0, 0.1) is 18.3 Å². The SMILES string of the molecule is C#CCO[C@@H]1NC(=O)[C@@H]1[C@@H](C)O[Si](C)(C)C(C)(C)C. The second-order valence-electron chi connectivity index (χ2n) is 6.55. The van der Waals surface area contributed by atoms with Crippen molar-refractivity contribution in [1.29, 1.82) is 0 Å². The van der Waals surface area contributed by atoms with E-state index in [1.54, 1.807) is 0 Å². The van der Waals surface area contributed by atoms with E-state index in [1.165, 1.54) is 0 Å². The molecule has 108 valence electrons. The third-order valence-electron chi connectivity index (χ3n) is 4.05. The smallest absolute Gasteiger partial charge is 0.232 e. The van der Waals surface area contributed by atoms with Crippen LogP contribution >= 0.6 is 0 Å². The molecule has 0 aromatic rings. The lowest BCUT2D eigenvalue weighted by molar-refractivity contribution is -0.160. The highest BCUT2D eigenvalue weighted by atomic mass is 28.4. The normalized spacial score (nSPS) is 25.2. The Balaban J connectivity index is 2.65. The number of amides is 1. The highest BCUT2D eigenvalue weighted by Crippen LogP contribution is 2.38. The predicted molar refractivity (Wildman–Crippen MR) is 77.9 cm³/mol. The molecule has 0 aromatic heterocycles. The number of carbonyl (C=O) groups excluding carboxylic acids is 1. The fourth-order valence-corrected chi connectivity index (χ4v) is 3.25. The molecular formula is C14H25NO3Si. The average molecular weight is 283 g/mol. The van der Waals surface area contributed by atoms with Crippen molar-refractivity contribution in [2.75, 3.05) is 6.61 Å². The molecule has 0 saturated carbocycles. The Morgan fingerprint density at radius 2 is 2.05 bits per heavy atom. The van der Waals surface area contributed by atoms with Crippen LogP contribution in [-0.4, -0.2) is 33.2 Å². The second-order valence-corrected chi connectivity index (χ2v) is 11.3. The number of ether oxygens (including phenoxy) is 1. The Hall–Kier alpha value is -0.833. The molecule has 1 aliphatic heterocycles. The van der Waals surface area contributed by atoms with Crippen molar-refractivity contribution in [2.24, 2.45) is 5.92 Å². The molecule has 1 aliphatic rings. The van der Waals surface area contributed by atoms with Crippen molar-refractivity contribution in [2.45, 2.75) is 58.2 Å². The van der Waals surface area contributed by atoms with Crippen molar-refractivity contribution in [3.8, 4) is 12.3 Å². The van der Waals surface area contributed by atoms with Crippen LogP contribution < -0.4 is 5.32 Å². The van der Waals surface area contributed by atoms with Gasteiger partial charge in [0.05, 0.1) is 6.10 Å². The van der Waals surface area contributed by atoms with Gasteiger partial charge in [0, 0.05) is 0 Å². The van der Waals surface area contributed by atoms with Crippen molar-refractivity contribution in [3.63, 3.8) is 0 Å². The number of β-lactam (4-membered cyclic amide) rings is 1. The van der Waals surface area contributed by atoms with Gasteiger partial charge >= 0.3 is 0 Å². The summed E-state index contributed by atoms with van der Waals surface area (Å²) in [5.41, 5.74) is 0. The Labute approximate surface area is 117 Å². The summed E-state index contributed by atoms with van der Waals surface area (Å²) in [5.74, 6) is 2.13. The van der Waals surface area contributed by atoms with Crippen LogP contribution in [0.25, 0.3) is 0 Å². The van der Waals surface area contributed by atoms with Gasteiger partial charge in [-0.3, -0.25) is 4.79 Å². The first-order valence-electron chi connectivity index (χ1n) is 6.63. The van der Waals surface area contributed by atoms with E-state index in [9.17, 15) is 4.79 Å². The molecule has 1 rings (SSSR count). The molecule has 1 N–H and O–H groups in total. The Kier molecular flexibility index (Phi) is 4.83. The van der Waals surface area contributed by atoms with Crippen molar-refractivity contribution in [1.82, 2.24) is 5.32 Å². The number of terminal acetylenes is 1. The molecule has 0 aliphatic carbocycles. The zero-order chi connectivity index (χ0) is 14.8. The maximum Gasteiger partial charge on any atom is 0.232 e. The molecule has 0 aromatic carbocycles. The van der Waals surface area contributed by atoms with Gasteiger partial charge in [0.15, 0.2) is 8.32 Å². The highest BCUT2D eigenvalue weighted by molar-refractivity contribution is 6.74. The minimum Gasteiger partial charge on any atom is -0.413 e. The van der Waals surface area contributed by atoms with Crippen LogP contribution in [-0.2, 0) is 14.0 Å².